The second-order valence-electron chi connectivity index (χ2n) is 3.46. The van der Waals surface area contributed by atoms with Crippen molar-refractivity contribution >= 4 is 17.2 Å². The van der Waals surface area contributed by atoms with Crippen LogP contribution in [0, 0.1) is 0 Å². The standard InChI is InChI=1S/C12H9N3OS/c13-12-10(9-5-3-7-17-9)11(16-15-12)8-4-1-2-6-14-8/h1-7H,(H2,13,15). The van der Waals surface area contributed by atoms with E-state index in [1.807, 2.05) is 35.7 Å². The molecule has 17 heavy (non-hydrogen) atoms. The van der Waals surface area contributed by atoms with Gasteiger partial charge in [0.15, 0.2) is 11.6 Å². The summed E-state index contributed by atoms with van der Waals surface area (Å²) in [5.41, 5.74) is 7.40. The van der Waals surface area contributed by atoms with Crippen molar-refractivity contribution in [2.24, 2.45) is 0 Å². The van der Waals surface area contributed by atoms with Crippen LogP contribution in [-0.2, 0) is 0 Å². The molecule has 0 aliphatic heterocycles. The van der Waals surface area contributed by atoms with E-state index in [1.165, 1.54) is 0 Å². The van der Waals surface area contributed by atoms with E-state index in [4.69, 9.17) is 10.3 Å². The highest BCUT2D eigenvalue weighted by atomic mass is 32.1. The van der Waals surface area contributed by atoms with Gasteiger partial charge in [-0.25, -0.2) is 0 Å². The van der Waals surface area contributed by atoms with Crippen LogP contribution < -0.4 is 5.73 Å². The molecule has 0 bridgehead atoms. The van der Waals surface area contributed by atoms with Crippen molar-refractivity contribution in [3.8, 4) is 21.9 Å². The lowest BCUT2D eigenvalue weighted by Crippen LogP contribution is -1.87. The van der Waals surface area contributed by atoms with Crippen LogP contribution in [0.1, 0.15) is 0 Å². The van der Waals surface area contributed by atoms with Gasteiger partial charge in [-0.2, -0.15) is 0 Å². The zero-order valence-electron chi connectivity index (χ0n) is 8.83. The van der Waals surface area contributed by atoms with Crippen molar-refractivity contribution in [1.82, 2.24) is 10.1 Å². The van der Waals surface area contributed by atoms with E-state index < -0.39 is 0 Å². The summed E-state index contributed by atoms with van der Waals surface area (Å²) in [6, 6.07) is 9.58. The maximum Gasteiger partial charge on any atom is 0.196 e. The Balaban J connectivity index is 2.20. The number of hydrogen-bond acceptors (Lipinski definition) is 5. The van der Waals surface area contributed by atoms with Crippen molar-refractivity contribution in [1.29, 1.82) is 0 Å². The minimum atomic E-state index is 0.396. The molecule has 0 aromatic carbocycles. The van der Waals surface area contributed by atoms with Crippen LogP contribution in [0.4, 0.5) is 5.82 Å². The number of nitrogens with two attached hydrogens (primary N) is 1. The molecule has 0 saturated heterocycles. The summed E-state index contributed by atoms with van der Waals surface area (Å²) in [6.45, 7) is 0. The van der Waals surface area contributed by atoms with Gasteiger partial charge in [-0.1, -0.05) is 17.3 Å². The van der Waals surface area contributed by atoms with E-state index in [2.05, 4.69) is 10.1 Å². The van der Waals surface area contributed by atoms with Gasteiger partial charge >= 0.3 is 0 Å². The number of anilines is 1. The molecule has 0 fully saturated rings. The fourth-order valence-electron chi connectivity index (χ4n) is 1.63. The molecular formula is C12H9N3OS. The smallest absolute Gasteiger partial charge is 0.196 e. The Labute approximate surface area is 102 Å². The minimum absolute atomic E-state index is 0.396. The molecule has 4 nitrogen and oxygen atoms in total. The molecule has 0 atom stereocenters. The highest BCUT2D eigenvalue weighted by Gasteiger charge is 2.18. The predicted molar refractivity (Wildman–Crippen MR) is 67.5 cm³/mol. The van der Waals surface area contributed by atoms with E-state index in [0.29, 0.717) is 11.6 Å². The Morgan fingerprint density at radius 3 is 2.82 bits per heavy atom. The Hall–Kier alpha value is -2.14. The van der Waals surface area contributed by atoms with Gasteiger partial charge in [-0.15, -0.1) is 11.3 Å². The van der Waals surface area contributed by atoms with E-state index in [1.54, 1.807) is 17.5 Å². The molecule has 0 aliphatic carbocycles. The van der Waals surface area contributed by atoms with Gasteiger partial charge in [0.25, 0.3) is 0 Å². The SMILES string of the molecule is Nc1noc(-c2ccccn2)c1-c1cccs1. The Bertz CT molecular complexity index is 617. The molecule has 0 aliphatic rings. The molecule has 0 amide bonds. The normalized spacial score (nSPS) is 10.6. The van der Waals surface area contributed by atoms with Crippen LogP contribution in [0.2, 0.25) is 0 Å². The Kier molecular flexibility index (Phi) is 2.38. The van der Waals surface area contributed by atoms with Gasteiger partial charge in [0.05, 0.1) is 5.56 Å². The van der Waals surface area contributed by atoms with Crippen molar-refractivity contribution in [2.75, 3.05) is 5.73 Å². The summed E-state index contributed by atoms with van der Waals surface area (Å²) < 4.78 is 5.27. The van der Waals surface area contributed by atoms with Crippen molar-refractivity contribution in [2.45, 2.75) is 0 Å². The summed E-state index contributed by atoms with van der Waals surface area (Å²) in [5, 5.41) is 5.81. The number of hydrogen-bond donors (Lipinski definition) is 1. The van der Waals surface area contributed by atoms with Crippen LogP contribution in [0.25, 0.3) is 21.9 Å². The van der Waals surface area contributed by atoms with E-state index in [-0.39, 0.29) is 0 Å². The Morgan fingerprint density at radius 2 is 2.12 bits per heavy atom. The molecule has 5 heteroatoms. The van der Waals surface area contributed by atoms with E-state index >= 15 is 0 Å². The third-order valence-corrected chi connectivity index (χ3v) is 3.27. The minimum Gasteiger partial charge on any atom is -0.380 e. The average Bonchev–Trinajstić information content (AvgIpc) is 2.99. The average molecular weight is 243 g/mol. The zero-order valence-corrected chi connectivity index (χ0v) is 9.65. The first-order chi connectivity index (χ1) is 8.36. The molecule has 84 valence electrons. The number of pyridine rings is 1. The van der Waals surface area contributed by atoms with E-state index in [0.717, 1.165) is 16.1 Å². The third-order valence-electron chi connectivity index (χ3n) is 2.38. The second-order valence-corrected chi connectivity index (χ2v) is 4.41. The van der Waals surface area contributed by atoms with Gasteiger partial charge in [0.2, 0.25) is 0 Å². The van der Waals surface area contributed by atoms with Crippen LogP contribution in [0.5, 0.6) is 0 Å². The molecule has 3 rings (SSSR count). The van der Waals surface area contributed by atoms with Crippen molar-refractivity contribution < 1.29 is 4.52 Å². The largest absolute Gasteiger partial charge is 0.380 e. The Morgan fingerprint density at radius 1 is 1.18 bits per heavy atom. The number of rotatable bonds is 2. The first-order valence-corrected chi connectivity index (χ1v) is 5.94. The number of aromatic nitrogens is 2. The lowest BCUT2D eigenvalue weighted by atomic mass is 10.1. The molecule has 0 spiro atoms. The van der Waals surface area contributed by atoms with E-state index in [9.17, 15) is 0 Å². The van der Waals surface area contributed by atoms with Crippen LogP contribution in [-0.4, -0.2) is 10.1 Å². The highest BCUT2D eigenvalue weighted by Crippen LogP contribution is 2.37. The van der Waals surface area contributed by atoms with Crippen molar-refractivity contribution in [3.05, 3.63) is 41.9 Å². The molecular weight excluding hydrogens is 234 g/mol. The maximum absolute atomic E-state index is 5.84. The fourth-order valence-corrected chi connectivity index (χ4v) is 2.41. The molecule has 3 aromatic heterocycles. The molecule has 0 radical (unpaired) electrons. The molecule has 0 unspecified atom stereocenters. The van der Waals surface area contributed by atoms with Gasteiger partial charge < -0.3 is 10.3 Å². The van der Waals surface area contributed by atoms with Crippen molar-refractivity contribution in [3.63, 3.8) is 0 Å². The second kappa shape index (κ2) is 4.03. The van der Waals surface area contributed by atoms with Crippen LogP contribution in [0.15, 0.2) is 46.4 Å². The quantitative estimate of drug-likeness (QED) is 0.751. The van der Waals surface area contributed by atoms with Gasteiger partial charge in [0, 0.05) is 11.1 Å². The zero-order chi connectivity index (χ0) is 11.7. The third kappa shape index (κ3) is 1.70. The summed E-state index contributed by atoms with van der Waals surface area (Å²) >= 11 is 1.60. The molecule has 3 heterocycles. The number of nitrogen functional groups attached to an aromatic ring is 1. The van der Waals surface area contributed by atoms with Crippen LogP contribution in [0.3, 0.4) is 0 Å². The molecule has 2 N–H and O–H groups in total. The summed E-state index contributed by atoms with van der Waals surface area (Å²) in [7, 11) is 0. The van der Waals surface area contributed by atoms with Gasteiger partial charge in [-0.05, 0) is 23.6 Å². The first kappa shape index (κ1) is 10.0. The lowest BCUT2D eigenvalue weighted by Gasteiger charge is -1.98. The number of thiophene rings is 1. The first-order valence-electron chi connectivity index (χ1n) is 5.06. The lowest BCUT2D eigenvalue weighted by molar-refractivity contribution is 0.435. The van der Waals surface area contributed by atoms with Crippen LogP contribution >= 0.6 is 11.3 Å². The summed E-state index contributed by atoms with van der Waals surface area (Å²) in [4.78, 5) is 5.28. The monoisotopic (exact) mass is 243 g/mol. The summed E-state index contributed by atoms with van der Waals surface area (Å²) in [5.74, 6) is 1.01. The topological polar surface area (TPSA) is 64.9 Å². The molecule has 3 aromatic rings. The number of nitrogens with zero attached hydrogens (tertiary/aromatic N) is 2. The highest BCUT2D eigenvalue weighted by molar-refractivity contribution is 7.13. The maximum atomic E-state index is 5.84. The van der Waals surface area contributed by atoms with Gasteiger partial charge in [0.1, 0.15) is 5.69 Å². The predicted octanol–water partition coefficient (Wildman–Crippen LogP) is 3.05. The fraction of sp³-hybridized carbons (Fsp3) is 0. The van der Waals surface area contributed by atoms with Gasteiger partial charge in [-0.3, -0.25) is 4.98 Å². The summed E-state index contributed by atoms with van der Waals surface area (Å²) in [6.07, 6.45) is 1.71. The molecule has 0 saturated carbocycles.